The molecule has 13 rings (SSSR count). The van der Waals surface area contributed by atoms with E-state index in [9.17, 15) is 38.8 Å². The highest BCUT2D eigenvalue weighted by Gasteiger charge is 2.25. The molecule has 4 N–H and O–H groups in total. The molecule has 27 heteroatoms. The van der Waals surface area contributed by atoms with Gasteiger partial charge in [-0.25, -0.2) is 52.3 Å². The highest BCUT2D eigenvalue weighted by Crippen LogP contribution is 2.38. The van der Waals surface area contributed by atoms with Crippen LogP contribution in [0.15, 0.2) is 220 Å². The Labute approximate surface area is 601 Å². The Morgan fingerprint density at radius 2 is 0.970 bits per heavy atom. The van der Waals surface area contributed by atoms with Crippen LogP contribution in [0.25, 0.3) is 49.9 Å². The van der Waals surface area contributed by atoms with Crippen molar-refractivity contribution in [2.24, 2.45) is 0 Å². The number of benzene rings is 7. The molecule has 5 heterocycles. The van der Waals surface area contributed by atoms with Crippen molar-refractivity contribution >= 4 is 127 Å². The maximum absolute atomic E-state index is 13.3. The number of pyridine rings is 3. The van der Waals surface area contributed by atoms with Crippen LogP contribution in [0.3, 0.4) is 0 Å². The van der Waals surface area contributed by atoms with Gasteiger partial charge >= 0.3 is 14.2 Å². The maximum Gasteiger partial charge on any atom is 0.488 e. The van der Waals surface area contributed by atoms with E-state index in [0.29, 0.717) is 46.0 Å². The van der Waals surface area contributed by atoms with Crippen LogP contribution in [0, 0.1) is 61.5 Å². The predicted octanol–water partition coefficient (Wildman–Crippen LogP) is 14.5. The number of allylic oxidation sites excluding steroid dienone is 1. The number of fused-ring (bicyclic) bond motifs is 3. The monoisotopic (exact) mass is 1620 g/mol. The van der Waals surface area contributed by atoms with E-state index in [-0.39, 0.29) is 38.5 Å². The standard InChI is InChI=1S/C23H20FNO.C20H14BrFN2O2S.C14H10BrIN2O2S.C8H10BFO3.C6H6BFO2.CH3F/c1-14-10-17(12-23(26-3)15(14)2)18-11-21-20(8-9-22(21)25-13-18)16-4-6-19(24)7-5-16;1-13-2-8-17(9-3-13)27(25,26)24-12-19(14-4-6-16(22)7-5-14)18-10-15(21)11-23-20(18)24;1-9-2-4-11(5-3-9)21(19,20)18-8-13(16)12-6-10(15)7-17-14(12)18;1-5-3-6(9(11)12)4-7(13-2)8(5)10;8-6-3-1-5(2-4-6)7(9)10;1-2/h4-8,10-13H,9H2,1-3H3;2-12H,1H3;2-8H,1H3;3-4,11-12H,1-2H3;1-4,9-10H;1H3. The molecule has 15 nitrogen and oxygen atoms in total. The van der Waals surface area contributed by atoms with E-state index >= 15 is 0 Å². The summed E-state index contributed by atoms with van der Waals surface area (Å²) in [6.45, 7) is 9.50. The Morgan fingerprint density at radius 3 is 1.47 bits per heavy atom. The van der Waals surface area contributed by atoms with Crippen molar-refractivity contribution in [3.05, 3.63) is 281 Å². The van der Waals surface area contributed by atoms with Crippen LogP contribution in [0.5, 0.6) is 11.5 Å². The summed E-state index contributed by atoms with van der Waals surface area (Å²) < 4.78 is 128. The van der Waals surface area contributed by atoms with Gasteiger partial charge in [-0.1, -0.05) is 90.0 Å². The summed E-state index contributed by atoms with van der Waals surface area (Å²) in [5.41, 5.74) is 13.7. The number of aromatic nitrogens is 5. The van der Waals surface area contributed by atoms with Crippen molar-refractivity contribution in [1.29, 1.82) is 0 Å². The molecule has 5 aromatic heterocycles. The number of methoxy groups -OCH3 is 2. The number of aryl methyl sites for hydroxylation is 4. The van der Waals surface area contributed by atoms with Crippen molar-refractivity contribution in [3.8, 4) is 33.8 Å². The number of rotatable bonds is 11. The zero-order valence-electron chi connectivity index (χ0n) is 54.2. The fraction of sp³-hybridized carbons (Fsp3) is 0.125. The Bertz CT molecular complexity index is 5120. The molecule has 7 aromatic carbocycles. The van der Waals surface area contributed by atoms with Gasteiger partial charge in [0.25, 0.3) is 20.0 Å². The van der Waals surface area contributed by atoms with Gasteiger partial charge in [0.2, 0.25) is 0 Å². The van der Waals surface area contributed by atoms with Crippen molar-refractivity contribution in [2.75, 3.05) is 21.4 Å². The van der Waals surface area contributed by atoms with Crippen LogP contribution in [0.1, 0.15) is 44.6 Å². The summed E-state index contributed by atoms with van der Waals surface area (Å²) in [7, 11) is -7.06. The molecule has 0 amide bonds. The van der Waals surface area contributed by atoms with Crippen LogP contribution in [0.2, 0.25) is 0 Å². The maximum atomic E-state index is 13.3. The van der Waals surface area contributed by atoms with Crippen LogP contribution >= 0.6 is 54.5 Å². The molecule has 0 fully saturated rings. The minimum absolute atomic E-state index is 0.0168. The fourth-order valence-corrected chi connectivity index (χ4v) is 14.3. The molecule has 510 valence electrons. The number of nitrogens with zero attached hydrogens (tertiary/aromatic N) is 5. The lowest BCUT2D eigenvalue weighted by Crippen LogP contribution is -2.30. The normalized spacial score (nSPS) is 11.4. The zero-order valence-corrected chi connectivity index (χ0v) is 61.2. The first-order valence-corrected chi connectivity index (χ1v) is 35.3. The van der Waals surface area contributed by atoms with Crippen LogP contribution in [-0.2, 0) is 26.5 Å². The average Bonchev–Trinajstić information content (AvgIpc) is 1.64. The Morgan fingerprint density at radius 1 is 0.495 bits per heavy atom. The van der Waals surface area contributed by atoms with Gasteiger partial charge in [-0.05, 0) is 230 Å². The van der Waals surface area contributed by atoms with Gasteiger partial charge in [-0.3, -0.25) is 9.37 Å². The smallest absolute Gasteiger partial charge is 0.488 e. The minimum Gasteiger partial charge on any atom is -0.496 e. The number of hydrogen-bond donors (Lipinski definition) is 4. The average molecular weight is 1630 g/mol. The largest absolute Gasteiger partial charge is 0.496 e. The minimum atomic E-state index is -3.83. The molecule has 0 atom stereocenters. The van der Waals surface area contributed by atoms with Gasteiger partial charge < -0.3 is 29.6 Å². The molecule has 0 aliphatic heterocycles. The van der Waals surface area contributed by atoms with Crippen molar-refractivity contribution in [2.45, 2.75) is 50.8 Å². The number of ether oxygens (including phenoxy) is 2. The van der Waals surface area contributed by atoms with Gasteiger partial charge in [0.05, 0.1) is 36.9 Å². The van der Waals surface area contributed by atoms with Crippen LogP contribution in [0.4, 0.5) is 22.0 Å². The molecule has 1 aliphatic carbocycles. The van der Waals surface area contributed by atoms with Gasteiger partial charge in [0.1, 0.15) is 23.2 Å². The summed E-state index contributed by atoms with van der Waals surface area (Å²) >= 11 is 8.85. The van der Waals surface area contributed by atoms with E-state index < -0.39 is 40.1 Å². The highest BCUT2D eigenvalue weighted by molar-refractivity contribution is 14.1. The van der Waals surface area contributed by atoms with Gasteiger partial charge in [-0.2, -0.15) is 0 Å². The molecule has 0 saturated carbocycles. The van der Waals surface area contributed by atoms with Crippen LogP contribution in [-0.4, -0.2) is 95.5 Å². The second-order valence-corrected chi connectivity index (χ2v) is 28.7. The molecule has 12 aromatic rings. The van der Waals surface area contributed by atoms with E-state index in [1.807, 2.05) is 44.3 Å². The molecule has 0 unspecified atom stereocenters. The van der Waals surface area contributed by atoms with E-state index in [1.54, 1.807) is 86.4 Å². The quantitative estimate of drug-likeness (QED) is 0.0539. The molecule has 0 bridgehead atoms. The second-order valence-electron chi connectivity index (χ2n) is 22.1. The lowest BCUT2D eigenvalue weighted by atomic mass is 9.79. The summed E-state index contributed by atoms with van der Waals surface area (Å²) in [4.78, 5) is 13.7. The third-order valence-corrected chi connectivity index (χ3v) is 20.5. The van der Waals surface area contributed by atoms with E-state index in [1.165, 1.54) is 94.4 Å². The Balaban J connectivity index is 0.000000163. The first-order chi connectivity index (χ1) is 47.1. The fourth-order valence-electron chi connectivity index (χ4n) is 10.1. The molecule has 0 saturated heterocycles. The Hall–Kier alpha value is -8.38. The molecular formula is C72H63B2Br2F5IN5O10S2. The number of hydrogen-bond acceptors (Lipinski definition) is 13. The topological polar surface area (TPSA) is 216 Å². The number of halogens is 8. The van der Waals surface area contributed by atoms with E-state index in [4.69, 9.17) is 29.6 Å². The molecular weight excluding hydrogens is 1560 g/mol. The Kier molecular flexibility index (Phi) is 26.0. The lowest BCUT2D eigenvalue weighted by molar-refractivity contribution is 0.384. The molecule has 99 heavy (non-hydrogen) atoms. The first kappa shape index (κ1) is 76.4. The van der Waals surface area contributed by atoms with Crippen molar-refractivity contribution < 1.29 is 68.4 Å². The third-order valence-electron chi connectivity index (χ3n) is 15.4. The summed E-state index contributed by atoms with van der Waals surface area (Å²) in [5, 5.41) is 36.2. The van der Waals surface area contributed by atoms with E-state index in [0.717, 1.165) is 80.3 Å². The van der Waals surface area contributed by atoms with Crippen molar-refractivity contribution in [3.63, 3.8) is 0 Å². The summed E-state index contributed by atoms with van der Waals surface area (Å²) in [5.74, 6) is -0.537. The molecule has 0 radical (unpaired) electrons. The molecule has 0 spiro atoms. The molecule has 1 aliphatic rings. The van der Waals surface area contributed by atoms with Gasteiger partial charge in [-0.15, -0.1) is 0 Å². The predicted molar refractivity (Wildman–Crippen MR) is 394 cm³/mol. The van der Waals surface area contributed by atoms with Crippen LogP contribution < -0.4 is 20.4 Å². The van der Waals surface area contributed by atoms with Gasteiger partial charge in [0.15, 0.2) is 22.9 Å². The zero-order chi connectivity index (χ0) is 72.2. The first-order valence-electron chi connectivity index (χ1n) is 29.8. The van der Waals surface area contributed by atoms with Gasteiger partial charge in [0, 0.05) is 77.4 Å². The highest BCUT2D eigenvalue weighted by atomic mass is 127. The van der Waals surface area contributed by atoms with E-state index in [2.05, 4.69) is 108 Å². The second kappa shape index (κ2) is 33.7. The summed E-state index contributed by atoms with van der Waals surface area (Å²) in [6.07, 6.45) is 11.2. The van der Waals surface area contributed by atoms with Crippen molar-refractivity contribution in [1.82, 2.24) is 22.9 Å². The third kappa shape index (κ3) is 18.4. The lowest BCUT2D eigenvalue weighted by Gasteiger charge is -2.13. The summed E-state index contributed by atoms with van der Waals surface area (Å²) in [6, 6.07) is 43.7. The SMILES string of the molecule is CF.COc1cc(-c2cnc3c(c2)C(c2ccc(F)cc2)=CC3)cc(C)c1C.COc1cc(B(O)O)cc(C)c1F.Cc1ccc(S(=O)(=O)n2cc(-c3ccc(F)cc3)c3cc(Br)cnc32)cc1.Cc1ccc(S(=O)(=O)n2cc(I)c3cc(Br)cnc32)cc1.OB(O)c1ccc(F)cc1. The number of alkyl halides is 1.